The van der Waals surface area contributed by atoms with Gasteiger partial charge in [0.1, 0.15) is 11.1 Å². The van der Waals surface area contributed by atoms with Crippen molar-refractivity contribution in [1.82, 2.24) is 15.5 Å². The zero-order valence-corrected chi connectivity index (χ0v) is 20.6. The number of fused-ring (bicyclic) bond motifs is 1. The zero-order chi connectivity index (χ0) is 24.9. The Balaban J connectivity index is 1.30. The molecule has 5 rings (SSSR count). The van der Waals surface area contributed by atoms with E-state index in [2.05, 4.69) is 36.6 Å². The quantitative estimate of drug-likeness (QED) is 0.535. The first-order valence-corrected chi connectivity index (χ1v) is 12.2. The van der Waals surface area contributed by atoms with E-state index in [1.54, 1.807) is 24.3 Å². The van der Waals surface area contributed by atoms with Crippen molar-refractivity contribution in [3.8, 4) is 0 Å². The van der Waals surface area contributed by atoms with Gasteiger partial charge in [0.25, 0.3) is 11.8 Å². The lowest BCUT2D eigenvalue weighted by Gasteiger charge is -2.32. The van der Waals surface area contributed by atoms with E-state index in [0.717, 1.165) is 24.0 Å². The van der Waals surface area contributed by atoms with Gasteiger partial charge in [0, 0.05) is 29.6 Å². The summed E-state index contributed by atoms with van der Waals surface area (Å²) < 4.78 is 5.89. The van der Waals surface area contributed by atoms with Crippen molar-refractivity contribution < 1.29 is 18.8 Å². The second-order valence-corrected chi connectivity index (χ2v) is 10.2. The van der Waals surface area contributed by atoms with Crippen LogP contribution in [0.4, 0.5) is 4.79 Å². The fourth-order valence-corrected chi connectivity index (χ4v) is 5.69. The Kier molecular flexibility index (Phi) is 5.66. The van der Waals surface area contributed by atoms with Gasteiger partial charge in [-0.15, -0.1) is 0 Å². The van der Waals surface area contributed by atoms with Gasteiger partial charge in [0.15, 0.2) is 0 Å². The number of piperidine rings is 1. The maximum Gasteiger partial charge on any atom is 0.322 e. The molecule has 0 spiro atoms. The van der Waals surface area contributed by atoms with Crippen molar-refractivity contribution >= 4 is 28.8 Å². The number of carbonyl (C=O) groups is 3. The minimum atomic E-state index is -1.12. The normalized spacial score (nSPS) is 21.0. The summed E-state index contributed by atoms with van der Waals surface area (Å²) in [6.07, 6.45) is 3.66. The van der Waals surface area contributed by atoms with Crippen LogP contribution in [0.2, 0.25) is 0 Å². The smallest absolute Gasteiger partial charge is 0.322 e. The number of carbonyl (C=O) groups excluding carboxylic acids is 3. The Labute approximate surface area is 204 Å². The fraction of sp³-hybridized carbons (Fsp3) is 0.393. The average molecular weight is 474 g/mol. The molecule has 3 aromatic rings. The Morgan fingerprint density at radius 3 is 2.37 bits per heavy atom. The number of nitrogens with zero attached hydrogens (tertiary/aromatic N) is 1. The summed E-state index contributed by atoms with van der Waals surface area (Å²) in [7, 11) is 0. The third-order valence-corrected chi connectivity index (χ3v) is 7.60. The molecule has 2 aliphatic rings. The van der Waals surface area contributed by atoms with E-state index >= 15 is 0 Å². The van der Waals surface area contributed by atoms with Gasteiger partial charge in [-0.2, -0.15) is 0 Å². The van der Waals surface area contributed by atoms with Gasteiger partial charge in [-0.1, -0.05) is 32.0 Å². The molecule has 2 N–H and O–H groups in total. The van der Waals surface area contributed by atoms with Gasteiger partial charge in [-0.05, 0) is 73.4 Å². The van der Waals surface area contributed by atoms with E-state index in [9.17, 15) is 14.4 Å². The second-order valence-electron chi connectivity index (χ2n) is 10.2. The van der Waals surface area contributed by atoms with E-state index in [4.69, 9.17) is 4.42 Å². The van der Waals surface area contributed by atoms with Gasteiger partial charge >= 0.3 is 6.03 Å². The number of hydrogen-bond donors (Lipinski definition) is 2. The molecule has 1 aromatic heterocycles. The Bertz CT molecular complexity index is 1320. The average Bonchev–Trinajstić information content (AvgIpc) is 3.39. The number of benzene rings is 2. The summed E-state index contributed by atoms with van der Waals surface area (Å²) in [6.45, 7) is 9.31. The first kappa shape index (κ1) is 23.1. The number of likely N-dealkylation sites (tertiary alicyclic amines) is 1. The van der Waals surface area contributed by atoms with Crippen molar-refractivity contribution in [2.45, 2.75) is 52.0 Å². The molecule has 35 heavy (non-hydrogen) atoms. The van der Waals surface area contributed by atoms with Crippen LogP contribution in [-0.4, -0.2) is 35.8 Å². The number of furan rings is 1. The van der Waals surface area contributed by atoms with Crippen molar-refractivity contribution in [2.75, 3.05) is 13.1 Å². The molecule has 0 saturated carbocycles. The third-order valence-electron chi connectivity index (χ3n) is 7.60. The number of imide groups is 1. The van der Waals surface area contributed by atoms with Crippen LogP contribution in [0.25, 0.3) is 11.0 Å². The Morgan fingerprint density at radius 2 is 1.77 bits per heavy atom. The standard InChI is InChI=1S/C28H31N3O4/c1-16(2)28(26(33)29-27(34)30-28)21-7-5-20(6-8-21)25(32)31-11-9-19(10-12-31)23-15-35-24-18(4)13-17(3)14-22(23)24/h5-8,13-16,19H,9-12H2,1-4H3,(H2,29,30,33,34)/t28-/m1/s1. The first-order valence-electron chi connectivity index (χ1n) is 12.2. The van der Waals surface area contributed by atoms with Crippen molar-refractivity contribution in [3.05, 3.63) is 70.5 Å². The molecule has 3 heterocycles. The lowest BCUT2D eigenvalue weighted by atomic mass is 9.79. The van der Waals surface area contributed by atoms with Crippen LogP contribution in [0, 0.1) is 19.8 Å². The molecule has 182 valence electrons. The highest BCUT2D eigenvalue weighted by molar-refractivity contribution is 6.07. The minimum absolute atomic E-state index is 0.0164. The molecule has 2 fully saturated rings. The molecule has 0 unspecified atom stereocenters. The maximum absolute atomic E-state index is 13.2. The van der Waals surface area contributed by atoms with E-state index in [1.165, 1.54) is 16.5 Å². The van der Waals surface area contributed by atoms with Gasteiger partial charge in [-0.25, -0.2) is 4.79 Å². The van der Waals surface area contributed by atoms with Crippen LogP contribution in [0.15, 0.2) is 47.1 Å². The molecule has 4 amide bonds. The van der Waals surface area contributed by atoms with Crippen molar-refractivity contribution in [2.24, 2.45) is 5.92 Å². The molecule has 0 aliphatic carbocycles. The molecular weight excluding hydrogens is 442 g/mol. The van der Waals surface area contributed by atoms with Crippen molar-refractivity contribution in [1.29, 1.82) is 0 Å². The predicted molar refractivity (Wildman–Crippen MR) is 133 cm³/mol. The lowest BCUT2D eigenvalue weighted by Crippen LogP contribution is -2.48. The molecule has 2 aromatic carbocycles. The topological polar surface area (TPSA) is 91.7 Å². The van der Waals surface area contributed by atoms with E-state index < -0.39 is 11.6 Å². The molecule has 7 heteroatoms. The van der Waals surface area contributed by atoms with E-state index in [1.807, 2.05) is 25.0 Å². The first-order chi connectivity index (χ1) is 16.7. The van der Waals surface area contributed by atoms with E-state index in [0.29, 0.717) is 30.1 Å². The van der Waals surface area contributed by atoms with Gasteiger partial charge in [0.05, 0.1) is 6.26 Å². The summed E-state index contributed by atoms with van der Waals surface area (Å²) in [5.41, 5.74) is 4.69. The van der Waals surface area contributed by atoms with Crippen LogP contribution in [-0.2, 0) is 10.3 Å². The molecule has 0 radical (unpaired) electrons. The van der Waals surface area contributed by atoms with Gasteiger partial charge in [0.2, 0.25) is 0 Å². The molecule has 7 nitrogen and oxygen atoms in total. The van der Waals surface area contributed by atoms with Gasteiger partial charge in [-0.3, -0.25) is 14.9 Å². The monoisotopic (exact) mass is 473 g/mol. The Morgan fingerprint density at radius 1 is 1.09 bits per heavy atom. The summed E-state index contributed by atoms with van der Waals surface area (Å²) in [5, 5.41) is 6.30. The maximum atomic E-state index is 13.2. The van der Waals surface area contributed by atoms with Crippen LogP contribution in [0.3, 0.4) is 0 Å². The highest BCUT2D eigenvalue weighted by Gasteiger charge is 2.50. The molecule has 1 atom stereocenters. The largest absolute Gasteiger partial charge is 0.464 e. The van der Waals surface area contributed by atoms with E-state index in [-0.39, 0.29) is 17.7 Å². The number of amides is 4. The SMILES string of the molecule is Cc1cc(C)c2occ(C3CCN(C(=O)c4ccc([C@@]5(C(C)C)NC(=O)NC5=O)cc4)CC3)c2c1. The minimum Gasteiger partial charge on any atom is -0.464 e. The van der Waals surface area contributed by atoms with Gasteiger partial charge < -0.3 is 14.6 Å². The number of urea groups is 1. The predicted octanol–water partition coefficient (Wildman–Crippen LogP) is 4.76. The third kappa shape index (κ3) is 3.79. The van der Waals surface area contributed by atoms with Crippen LogP contribution in [0.5, 0.6) is 0 Å². The van der Waals surface area contributed by atoms with Crippen molar-refractivity contribution in [3.63, 3.8) is 0 Å². The molecule has 2 aliphatic heterocycles. The summed E-state index contributed by atoms with van der Waals surface area (Å²) >= 11 is 0. The molecule has 0 bridgehead atoms. The highest BCUT2D eigenvalue weighted by atomic mass is 16.3. The molecular formula is C28H31N3O4. The van der Waals surface area contributed by atoms with Crippen LogP contribution < -0.4 is 10.6 Å². The second kappa shape index (κ2) is 8.56. The molecule has 2 saturated heterocycles. The van der Waals surface area contributed by atoms with Crippen LogP contribution in [0.1, 0.15) is 65.2 Å². The highest BCUT2D eigenvalue weighted by Crippen LogP contribution is 2.37. The van der Waals surface area contributed by atoms with Crippen LogP contribution >= 0.6 is 0 Å². The Hall–Kier alpha value is -3.61. The summed E-state index contributed by atoms with van der Waals surface area (Å²) in [5.74, 6) is -0.173. The summed E-state index contributed by atoms with van der Waals surface area (Å²) in [4.78, 5) is 39.5. The lowest BCUT2D eigenvalue weighted by molar-refractivity contribution is -0.125. The fourth-order valence-electron chi connectivity index (χ4n) is 5.69. The number of rotatable bonds is 4. The number of aryl methyl sites for hydroxylation is 2. The number of nitrogens with one attached hydrogen (secondary N) is 2. The zero-order valence-electron chi connectivity index (χ0n) is 20.6. The number of hydrogen-bond acceptors (Lipinski definition) is 4. The summed E-state index contributed by atoms with van der Waals surface area (Å²) in [6, 6.07) is 10.9.